The van der Waals surface area contributed by atoms with E-state index in [9.17, 15) is 22.7 Å². The lowest BCUT2D eigenvalue weighted by molar-refractivity contribution is -0.124. The van der Waals surface area contributed by atoms with Gasteiger partial charge in [-0.25, -0.2) is 31.9 Å². The van der Waals surface area contributed by atoms with Crippen LogP contribution in [0.2, 0.25) is 0 Å². The van der Waals surface area contributed by atoms with Crippen LogP contribution >= 0.6 is 0 Å². The topological polar surface area (TPSA) is 90.9 Å². The molecule has 0 aliphatic heterocycles. The minimum Gasteiger partial charge on any atom is -0.380 e. The molecule has 0 saturated heterocycles. The number of aromatic nitrogens is 6. The molecule has 0 unspecified atom stereocenters. The monoisotopic (exact) mass is 462 g/mol. The van der Waals surface area contributed by atoms with E-state index in [-0.39, 0.29) is 30.1 Å². The van der Waals surface area contributed by atoms with Gasteiger partial charge in [-0.15, -0.1) is 5.10 Å². The van der Waals surface area contributed by atoms with Crippen molar-refractivity contribution in [2.24, 2.45) is 0 Å². The summed E-state index contributed by atoms with van der Waals surface area (Å²) < 4.78 is 63.2. The van der Waals surface area contributed by atoms with Crippen LogP contribution in [0.3, 0.4) is 0 Å². The van der Waals surface area contributed by atoms with Gasteiger partial charge in [0.1, 0.15) is 47.1 Å². The van der Waals surface area contributed by atoms with Crippen molar-refractivity contribution in [3.63, 3.8) is 0 Å². The van der Waals surface area contributed by atoms with Gasteiger partial charge in [0.25, 0.3) is 0 Å². The van der Waals surface area contributed by atoms with Crippen LogP contribution in [-0.2, 0) is 23.5 Å². The number of aliphatic hydroxyl groups is 1. The van der Waals surface area contributed by atoms with Gasteiger partial charge in [-0.2, -0.15) is 5.10 Å². The second-order valence-corrected chi connectivity index (χ2v) is 7.34. The van der Waals surface area contributed by atoms with Gasteiger partial charge in [-0.1, -0.05) is 11.3 Å². The van der Waals surface area contributed by atoms with Crippen molar-refractivity contribution in [3.05, 3.63) is 89.8 Å². The number of halogens is 4. The van der Waals surface area contributed by atoms with Crippen molar-refractivity contribution in [2.75, 3.05) is 0 Å². The average molecular weight is 462 g/mol. The predicted octanol–water partition coefficient (Wildman–Crippen LogP) is 2.91. The molecule has 2 heterocycles. The molecule has 0 aliphatic carbocycles. The van der Waals surface area contributed by atoms with Crippen LogP contribution < -0.4 is 0 Å². The number of nitrogens with zero attached hydrogens (tertiary/aromatic N) is 6. The first-order chi connectivity index (χ1) is 15.8. The summed E-state index contributed by atoms with van der Waals surface area (Å²) in [7, 11) is 0. The lowest BCUT2D eigenvalue weighted by Crippen LogP contribution is -2.44. The number of hydrogen-bond donors (Lipinski definition) is 1. The first kappa shape index (κ1) is 22.6. The van der Waals surface area contributed by atoms with Crippen LogP contribution in [0.25, 0.3) is 5.69 Å². The first-order valence-corrected chi connectivity index (χ1v) is 9.75. The maximum Gasteiger partial charge on any atom is 0.151 e. The molecule has 0 spiro atoms. The van der Waals surface area contributed by atoms with E-state index in [2.05, 4.69) is 20.4 Å². The predicted molar refractivity (Wildman–Crippen MR) is 106 cm³/mol. The normalized spacial score (nSPS) is 14.2. The zero-order chi connectivity index (χ0) is 23.6. The molecule has 0 aliphatic rings. The second kappa shape index (κ2) is 9.08. The van der Waals surface area contributed by atoms with E-state index in [0.717, 1.165) is 28.9 Å². The smallest absolute Gasteiger partial charge is 0.151 e. The summed E-state index contributed by atoms with van der Waals surface area (Å²) >= 11 is 0. The third-order valence-electron chi connectivity index (χ3n) is 5.12. The minimum absolute atomic E-state index is 0.0146. The van der Waals surface area contributed by atoms with Crippen molar-refractivity contribution >= 4 is 0 Å². The molecule has 0 fully saturated rings. The summed E-state index contributed by atoms with van der Waals surface area (Å²) in [5.74, 6) is -3.30. The van der Waals surface area contributed by atoms with Crippen LogP contribution in [-0.4, -0.2) is 41.0 Å². The summed E-state index contributed by atoms with van der Waals surface area (Å²) in [5, 5.41) is 23.0. The summed E-state index contributed by atoms with van der Waals surface area (Å²) in [6.45, 7) is 1.10. The Kier molecular flexibility index (Phi) is 6.20. The molecule has 0 saturated carbocycles. The molecule has 0 bridgehead atoms. The Morgan fingerprint density at radius 3 is 2.45 bits per heavy atom. The Hall–Kier alpha value is -3.64. The maximum absolute atomic E-state index is 14.6. The molecule has 0 radical (unpaired) electrons. The van der Waals surface area contributed by atoms with E-state index in [4.69, 9.17) is 4.74 Å². The van der Waals surface area contributed by atoms with Gasteiger partial charge in [-0.3, -0.25) is 0 Å². The summed E-state index contributed by atoms with van der Waals surface area (Å²) in [5.41, 5.74) is -1.89. The highest BCUT2D eigenvalue weighted by Crippen LogP contribution is 2.32. The van der Waals surface area contributed by atoms with Crippen molar-refractivity contribution in [2.45, 2.75) is 31.8 Å². The molecule has 4 aromatic rings. The van der Waals surface area contributed by atoms with Crippen molar-refractivity contribution < 1.29 is 27.4 Å². The maximum atomic E-state index is 14.6. The largest absolute Gasteiger partial charge is 0.380 e. The van der Waals surface area contributed by atoms with E-state index in [1.54, 1.807) is 0 Å². The molecule has 2 aromatic heterocycles. The lowest BCUT2D eigenvalue weighted by atomic mass is 9.88. The van der Waals surface area contributed by atoms with E-state index in [1.807, 2.05) is 0 Å². The molecule has 4 rings (SSSR count). The van der Waals surface area contributed by atoms with Gasteiger partial charge in [0.15, 0.2) is 5.82 Å². The Balaban J connectivity index is 1.55. The van der Waals surface area contributed by atoms with Crippen LogP contribution in [0.5, 0.6) is 0 Å². The van der Waals surface area contributed by atoms with E-state index < -0.39 is 35.0 Å². The molecule has 0 amide bonds. The average Bonchev–Trinajstić information content (AvgIpc) is 3.44. The number of benzene rings is 2. The Bertz CT molecular complexity index is 1250. The molecule has 12 heteroatoms. The van der Waals surface area contributed by atoms with Crippen LogP contribution in [0.4, 0.5) is 17.6 Å². The third-order valence-corrected chi connectivity index (χ3v) is 5.12. The van der Waals surface area contributed by atoms with Crippen molar-refractivity contribution in [1.82, 2.24) is 29.8 Å². The zero-order valence-electron chi connectivity index (χ0n) is 17.2. The van der Waals surface area contributed by atoms with Crippen LogP contribution in [0, 0.1) is 23.3 Å². The van der Waals surface area contributed by atoms with Crippen LogP contribution in [0.1, 0.15) is 18.2 Å². The lowest BCUT2D eigenvalue weighted by Gasteiger charge is -2.34. The quantitative estimate of drug-likeness (QED) is 0.405. The van der Waals surface area contributed by atoms with E-state index in [1.165, 1.54) is 36.5 Å². The zero-order valence-corrected chi connectivity index (χ0v) is 17.2. The molecule has 172 valence electrons. The van der Waals surface area contributed by atoms with Gasteiger partial charge in [0, 0.05) is 17.7 Å². The minimum atomic E-state index is -1.95. The first-order valence-electron chi connectivity index (χ1n) is 9.75. The Morgan fingerprint density at radius 2 is 1.79 bits per heavy atom. The van der Waals surface area contributed by atoms with Crippen molar-refractivity contribution in [3.8, 4) is 5.69 Å². The molecular formula is C21H18F4N6O2. The molecule has 2 aromatic carbocycles. The Labute approximate surface area is 185 Å². The summed E-state index contributed by atoms with van der Waals surface area (Å²) in [6.07, 6.45) is 2.93. The number of ether oxygens (including phenoxy) is 1. The van der Waals surface area contributed by atoms with E-state index in [0.29, 0.717) is 6.07 Å². The molecule has 33 heavy (non-hydrogen) atoms. The summed E-state index contributed by atoms with van der Waals surface area (Å²) in [6, 6.07) is 5.84. The molecule has 1 N–H and O–H groups in total. The molecule has 2 atom stereocenters. The SMILES string of the molecule is C[C@@H](OCc1cn(-c2ccc(F)cc2F)nn1)[C@](O)(Cn1cncn1)c1ccc(F)cc1F. The fourth-order valence-electron chi connectivity index (χ4n) is 3.33. The highest BCUT2D eigenvalue weighted by molar-refractivity contribution is 5.32. The second-order valence-electron chi connectivity index (χ2n) is 7.34. The highest BCUT2D eigenvalue weighted by Gasteiger charge is 2.40. The van der Waals surface area contributed by atoms with Crippen molar-refractivity contribution in [1.29, 1.82) is 0 Å². The van der Waals surface area contributed by atoms with Gasteiger partial charge >= 0.3 is 0 Å². The standard InChI is InChI=1S/C21H18F4N6O2/c1-13(33-9-16-8-31(29-28-16)20-5-3-15(23)7-19(20)25)21(32,10-30-12-26-11-27-30)17-4-2-14(22)6-18(17)24/h2-8,11-13,32H,9-10H2,1H3/t13-,21-/m1/s1. The Morgan fingerprint density at radius 1 is 1.06 bits per heavy atom. The van der Waals surface area contributed by atoms with E-state index >= 15 is 0 Å². The molecular weight excluding hydrogens is 444 g/mol. The van der Waals surface area contributed by atoms with Gasteiger partial charge in [0.05, 0.1) is 25.5 Å². The van der Waals surface area contributed by atoms with Gasteiger partial charge < -0.3 is 9.84 Å². The highest BCUT2D eigenvalue weighted by atomic mass is 19.1. The van der Waals surface area contributed by atoms with Crippen LogP contribution in [0.15, 0.2) is 55.2 Å². The fraction of sp³-hybridized carbons (Fsp3) is 0.238. The fourth-order valence-corrected chi connectivity index (χ4v) is 3.33. The number of hydrogen-bond acceptors (Lipinski definition) is 6. The number of rotatable bonds is 8. The third kappa shape index (κ3) is 4.76. The van der Waals surface area contributed by atoms with Gasteiger partial charge in [-0.05, 0) is 25.1 Å². The van der Waals surface area contributed by atoms with Gasteiger partial charge in [0.2, 0.25) is 0 Å². The molecule has 8 nitrogen and oxygen atoms in total. The summed E-state index contributed by atoms with van der Waals surface area (Å²) in [4.78, 5) is 3.80.